The second kappa shape index (κ2) is 6.59. The van der Waals surface area contributed by atoms with Crippen LogP contribution in [-0.2, 0) is 4.79 Å². The van der Waals surface area contributed by atoms with Crippen LogP contribution in [0.4, 0.5) is 8.78 Å². The van der Waals surface area contributed by atoms with E-state index in [9.17, 15) is 13.6 Å². The molecule has 0 saturated heterocycles. The second-order valence-electron chi connectivity index (χ2n) is 8.28. The Morgan fingerprint density at radius 2 is 1.50 bits per heavy atom. The van der Waals surface area contributed by atoms with Gasteiger partial charge in [0.05, 0.1) is 0 Å². The fourth-order valence-corrected chi connectivity index (χ4v) is 4.25. The van der Waals surface area contributed by atoms with E-state index < -0.39 is 5.92 Å². The fourth-order valence-electron chi connectivity index (χ4n) is 4.25. The molecule has 1 unspecified atom stereocenters. The first-order valence-corrected chi connectivity index (χ1v) is 9.29. The molecule has 1 atom stereocenters. The first-order chi connectivity index (χ1) is 13.2. The lowest BCUT2D eigenvalue weighted by molar-refractivity contribution is -0.118. The van der Waals surface area contributed by atoms with E-state index in [-0.39, 0.29) is 22.8 Å². The van der Waals surface area contributed by atoms with Crippen molar-refractivity contribution in [3.05, 3.63) is 88.4 Å². The number of benzene rings is 2. The molecule has 1 aliphatic carbocycles. The molecule has 0 bridgehead atoms. The number of hydrogen-bond donors (Lipinski definition) is 2. The molecule has 0 amide bonds. The molecular weight excluding hydrogens is 358 g/mol. The van der Waals surface area contributed by atoms with Crippen molar-refractivity contribution < 1.29 is 13.6 Å². The van der Waals surface area contributed by atoms with Crippen molar-refractivity contribution in [2.24, 2.45) is 11.1 Å². The van der Waals surface area contributed by atoms with Crippen LogP contribution < -0.4 is 11.1 Å². The lowest BCUT2D eigenvalue weighted by Crippen LogP contribution is -2.39. The van der Waals surface area contributed by atoms with Gasteiger partial charge in [-0.1, -0.05) is 38.1 Å². The molecule has 2 aromatic carbocycles. The van der Waals surface area contributed by atoms with Gasteiger partial charge in [0, 0.05) is 29.2 Å². The zero-order chi connectivity index (χ0) is 20.1. The van der Waals surface area contributed by atoms with Gasteiger partial charge in [-0.3, -0.25) is 4.79 Å². The Balaban J connectivity index is 1.91. The van der Waals surface area contributed by atoms with Crippen molar-refractivity contribution in [1.82, 2.24) is 5.32 Å². The number of hydrogen-bond acceptors (Lipinski definition) is 3. The molecule has 144 valence electrons. The number of ketones is 1. The number of nitrogens with one attached hydrogen (secondary N) is 1. The summed E-state index contributed by atoms with van der Waals surface area (Å²) in [5.74, 6) is -0.625. The molecular formula is C23H22F2N2O. The van der Waals surface area contributed by atoms with Crippen LogP contribution in [0.25, 0.3) is 5.57 Å². The number of rotatable bonds is 2. The number of nitrogens with two attached hydrogens (primary N) is 1. The highest BCUT2D eigenvalue weighted by molar-refractivity contribution is 6.03. The largest absolute Gasteiger partial charge is 0.385 e. The van der Waals surface area contributed by atoms with Crippen LogP contribution in [0, 0.1) is 17.0 Å². The highest BCUT2D eigenvalue weighted by Crippen LogP contribution is 2.48. The van der Waals surface area contributed by atoms with Gasteiger partial charge in [0.2, 0.25) is 0 Å². The number of Topliss-reactive ketones (excluding diaryl/α,β-unsaturated/α-hetero) is 1. The average molecular weight is 380 g/mol. The fraction of sp³-hybridized carbons (Fsp3) is 0.261. The summed E-state index contributed by atoms with van der Waals surface area (Å²) in [5.41, 5.74) is 9.94. The van der Waals surface area contributed by atoms with Gasteiger partial charge in [-0.25, -0.2) is 8.78 Å². The predicted octanol–water partition coefficient (Wildman–Crippen LogP) is 4.62. The van der Waals surface area contributed by atoms with Gasteiger partial charge in [0.15, 0.2) is 5.78 Å². The Hall–Kier alpha value is -2.95. The third-order valence-corrected chi connectivity index (χ3v) is 5.43. The number of allylic oxidation sites excluding steroid dienone is 3. The van der Waals surface area contributed by atoms with Crippen LogP contribution in [0.15, 0.2) is 65.6 Å². The van der Waals surface area contributed by atoms with Gasteiger partial charge in [-0.05, 0) is 47.2 Å². The van der Waals surface area contributed by atoms with Gasteiger partial charge in [0.1, 0.15) is 17.5 Å². The maximum absolute atomic E-state index is 13.5. The van der Waals surface area contributed by atoms with E-state index in [2.05, 4.69) is 19.2 Å². The third kappa shape index (κ3) is 3.21. The van der Waals surface area contributed by atoms with Gasteiger partial charge in [-0.2, -0.15) is 0 Å². The number of carbonyl (C=O) groups excluding carboxylic acids is 1. The summed E-state index contributed by atoms with van der Waals surface area (Å²) < 4.78 is 27.0. The maximum Gasteiger partial charge on any atom is 0.162 e. The van der Waals surface area contributed by atoms with Crippen LogP contribution in [0.2, 0.25) is 0 Å². The molecule has 0 saturated carbocycles. The van der Waals surface area contributed by atoms with Gasteiger partial charge in [0.25, 0.3) is 0 Å². The van der Waals surface area contributed by atoms with Gasteiger partial charge in [-0.15, -0.1) is 0 Å². The summed E-state index contributed by atoms with van der Waals surface area (Å²) in [6, 6.07) is 12.2. The van der Waals surface area contributed by atoms with Crippen LogP contribution in [0.5, 0.6) is 0 Å². The maximum atomic E-state index is 13.5. The minimum atomic E-state index is -0.425. The first kappa shape index (κ1) is 18.4. The Labute approximate surface area is 162 Å². The molecule has 0 radical (unpaired) electrons. The lowest BCUT2D eigenvalue weighted by Gasteiger charge is -2.40. The number of dihydropyridines is 1. The molecule has 1 aliphatic heterocycles. The minimum Gasteiger partial charge on any atom is -0.385 e. The molecule has 3 N–H and O–H groups in total. The van der Waals surface area contributed by atoms with E-state index >= 15 is 0 Å². The minimum absolute atomic E-state index is 0.0557. The van der Waals surface area contributed by atoms with Crippen LogP contribution in [-0.4, -0.2) is 5.78 Å². The summed E-state index contributed by atoms with van der Waals surface area (Å²) in [6.07, 6.45) is 1.13. The highest BCUT2D eigenvalue weighted by atomic mass is 19.1. The molecule has 5 heteroatoms. The van der Waals surface area contributed by atoms with Crippen molar-refractivity contribution in [2.75, 3.05) is 0 Å². The standard InChI is InChI=1S/C23H22F2N2O/c1-23(2)11-17-21(18(28)12-23)19(13-3-7-15(24)8-4-13)20(22(26)27-17)14-5-9-16(25)10-6-14/h3-10,19,27H,11-12,26H2,1-2H3. The summed E-state index contributed by atoms with van der Waals surface area (Å²) in [5, 5.41) is 3.23. The average Bonchev–Trinajstić information content (AvgIpc) is 2.61. The first-order valence-electron chi connectivity index (χ1n) is 9.29. The topological polar surface area (TPSA) is 55.1 Å². The summed E-state index contributed by atoms with van der Waals surface area (Å²) in [4.78, 5) is 13.1. The normalized spacial score (nSPS) is 21.4. The van der Waals surface area contributed by atoms with E-state index in [0.717, 1.165) is 16.8 Å². The van der Waals surface area contributed by atoms with Crippen LogP contribution >= 0.6 is 0 Å². The van der Waals surface area contributed by atoms with E-state index in [1.807, 2.05) is 0 Å². The monoisotopic (exact) mass is 380 g/mol. The van der Waals surface area contributed by atoms with E-state index in [1.54, 1.807) is 24.3 Å². The van der Waals surface area contributed by atoms with Crippen LogP contribution in [0.3, 0.4) is 0 Å². The van der Waals surface area contributed by atoms with Crippen LogP contribution in [0.1, 0.15) is 43.7 Å². The molecule has 28 heavy (non-hydrogen) atoms. The molecule has 4 rings (SSSR count). The Morgan fingerprint density at radius 1 is 0.929 bits per heavy atom. The number of carbonyl (C=O) groups is 1. The molecule has 1 heterocycles. The predicted molar refractivity (Wildman–Crippen MR) is 105 cm³/mol. The highest BCUT2D eigenvalue weighted by Gasteiger charge is 2.41. The summed E-state index contributed by atoms with van der Waals surface area (Å²) in [7, 11) is 0. The summed E-state index contributed by atoms with van der Waals surface area (Å²) >= 11 is 0. The van der Waals surface area contributed by atoms with Gasteiger partial charge < -0.3 is 11.1 Å². The quantitative estimate of drug-likeness (QED) is 0.799. The van der Waals surface area contributed by atoms with Crippen molar-refractivity contribution in [1.29, 1.82) is 0 Å². The second-order valence-corrected chi connectivity index (χ2v) is 8.28. The zero-order valence-electron chi connectivity index (χ0n) is 15.9. The molecule has 3 nitrogen and oxygen atoms in total. The Bertz CT molecular complexity index is 1000. The van der Waals surface area contributed by atoms with E-state index in [1.165, 1.54) is 24.3 Å². The van der Waals surface area contributed by atoms with E-state index in [4.69, 9.17) is 5.73 Å². The molecule has 0 fully saturated rings. The lowest BCUT2D eigenvalue weighted by atomic mass is 9.68. The molecule has 2 aromatic rings. The van der Waals surface area contributed by atoms with Crippen molar-refractivity contribution in [3.8, 4) is 0 Å². The summed E-state index contributed by atoms with van der Waals surface area (Å²) in [6.45, 7) is 4.11. The third-order valence-electron chi connectivity index (χ3n) is 5.43. The molecule has 2 aliphatic rings. The smallest absolute Gasteiger partial charge is 0.162 e. The molecule has 0 spiro atoms. The molecule has 0 aromatic heterocycles. The Morgan fingerprint density at radius 3 is 2.11 bits per heavy atom. The Kier molecular flexibility index (Phi) is 4.33. The SMILES string of the molecule is CC1(C)CC(=O)C2=C(C1)NC(N)=C(c1ccc(F)cc1)C2c1ccc(F)cc1. The van der Waals surface area contributed by atoms with Gasteiger partial charge >= 0.3 is 0 Å². The van der Waals surface area contributed by atoms with Crippen molar-refractivity contribution in [2.45, 2.75) is 32.6 Å². The van der Waals surface area contributed by atoms with E-state index in [0.29, 0.717) is 29.8 Å². The number of halogens is 2. The zero-order valence-corrected chi connectivity index (χ0v) is 15.9. The van der Waals surface area contributed by atoms with Crippen molar-refractivity contribution >= 4 is 11.4 Å². The van der Waals surface area contributed by atoms with Crippen molar-refractivity contribution in [3.63, 3.8) is 0 Å².